The monoisotopic (exact) mass is 198 g/mol. The molecule has 0 fully saturated rings. The van der Waals surface area contributed by atoms with Gasteiger partial charge in [0.15, 0.2) is 0 Å². The Balaban J connectivity index is 0. The Kier molecular flexibility index (Phi) is 11.6. The first kappa shape index (κ1) is 15.7. The van der Waals surface area contributed by atoms with Gasteiger partial charge in [0, 0.05) is 12.2 Å². The molecule has 0 aliphatic rings. The smallest absolute Gasteiger partial charge is 0.0290 e. The molecule has 0 aliphatic carbocycles. The van der Waals surface area contributed by atoms with E-state index >= 15 is 0 Å². The molecule has 0 bridgehead atoms. The van der Waals surface area contributed by atoms with Crippen LogP contribution in [0.25, 0.3) is 0 Å². The van der Waals surface area contributed by atoms with E-state index in [0.717, 1.165) is 30.8 Å². The fourth-order valence-electron chi connectivity index (χ4n) is 0.785. The van der Waals surface area contributed by atoms with E-state index in [2.05, 4.69) is 37.5 Å². The fourth-order valence-corrected chi connectivity index (χ4v) is 0.785. The Bertz CT molecular complexity index is 160. The highest BCUT2D eigenvalue weighted by Crippen LogP contribution is 1.97. The van der Waals surface area contributed by atoms with Crippen LogP contribution in [0.1, 0.15) is 27.2 Å². The van der Waals surface area contributed by atoms with Gasteiger partial charge in [0.05, 0.1) is 0 Å². The molecule has 0 saturated heterocycles. The van der Waals surface area contributed by atoms with Crippen LogP contribution in [-0.4, -0.2) is 32.1 Å². The molecule has 0 heterocycles. The zero-order valence-electron chi connectivity index (χ0n) is 10.5. The van der Waals surface area contributed by atoms with Crippen molar-refractivity contribution >= 4 is 0 Å². The maximum Gasteiger partial charge on any atom is 0.0290 e. The van der Waals surface area contributed by atoms with E-state index in [4.69, 9.17) is 0 Å². The number of hydrogen-bond acceptors (Lipinski definition) is 2. The lowest BCUT2D eigenvalue weighted by atomic mass is 10.2. The van der Waals surface area contributed by atoms with Crippen LogP contribution in [0, 0.1) is 0 Å². The number of allylic oxidation sites excluding steroid dienone is 1. The second-order valence-electron chi connectivity index (χ2n) is 3.34. The predicted octanol–water partition coefficient (Wildman–Crippen LogP) is 2.64. The molecule has 0 aliphatic heterocycles. The first-order valence-electron chi connectivity index (χ1n) is 5.27. The molecule has 84 valence electrons. The van der Waals surface area contributed by atoms with Gasteiger partial charge in [-0.15, -0.1) is 0 Å². The summed E-state index contributed by atoms with van der Waals surface area (Å²) in [6, 6.07) is 0. The van der Waals surface area contributed by atoms with Crippen molar-refractivity contribution in [3.8, 4) is 0 Å². The van der Waals surface area contributed by atoms with Gasteiger partial charge in [-0.3, -0.25) is 0 Å². The third-order valence-corrected chi connectivity index (χ3v) is 1.64. The molecule has 0 aromatic rings. The molecule has 1 N–H and O–H groups in total. The molecule has 0 rings (SSSR count). The minimum Gasteiger partial charge on any atom is -0.385 e. The van der Waals surface area contributed by atoms with Crippen LogP contribution < -0.4 is 5.32 Å². The van der Waals surface area contributed by atoms with Crippen molar-refractivity contribution < 1.29 is 0 Å². The van der Waals surface area contributed by atoms with Crippen molar-refractivity contribution in [3.05, 3.63) is 24.4 Å². The van der Waals surface area contributed by atoms with Crippen LogP contribution in [0.5, 0.6) is 0 Å². The van der Waals surface area contributed by atoms with Crippen LogP contribution in [0.4, 0.5) is 0 Å². The molecule has 0 amide bonds. The molecule has 2 heteroatoms. The molecular weight excluding hydrogens is 172 g/mol. The predicted molar refractivity (Wildman–Crippen MR) is 66.5 cm³/mol. The molecule has 14 heavy (non-hydrogen) atoms. The van der Waals surface area contributed by atoms with Crippen LogP contribution in [-0.2, 0) is 0 Å². The molecular formula is C12H26N2. The molecule has 0 saturated carbocycles. The second-order valence-corrected chi connectivity index (χ2v) is 3.34. The Hall–Kier alpha value is -0.760. The lowest BCUT2D eigenvalue weighted by molar-refractivity contribution is 0.398. The quantitative estimate of drug-likeness (QED) is 0.521. The summed E-state index contributed by atoms with van der Waals surface area (Å²) in [5, 5.41) is 3.22. The van der Waals surface area contributed by atoms with Gasteiger partial charge in [0.2, 0.25) is 0 Å². The molecule has 0 spiro atoms. The van der Waals surface area contributed by atoms with Gasteiger partial charge >= 0.3 is 0 Å². The maximum atomic E-state index is 3.85. The SMILES string of the molecule is C=C(C)C(=C)NCCCN(C)C.CC. The molecule has 0 aromatic carbocycles. The van der Waals surface area contributed by atoms with Gasteiger partial charge in [0.1, 0.15) is 0 Å². The van der Waals surface area contributed by atoms with Gasteiger partial charge in [-0.25, -0.2) is 0 Å². The highest BCUT2D eigenvalue weighted by atomic mass is 15.1. The fraction of sp³-hybridized carbons (Fsp3) is 0.667. The Labute approximate surface area is 89.7 Å². The number of hydrogen-bond donors (Lipinski definition) is 1. The van der Waals surface area contributed by atoms with Gasteiger partial charge in [0.25, 0.3) is 0 Å². The lowest BCUT2D eigenvalue weighted by Gasteiger charge is -2.11. The van der Waals surface area contributed by atoms with E-state index in [0.29, 0.717) is 0 Å². The second kappa shape index (κ2) is 10.3. The first-order chi connectivity index (χ1) is 6.54. The molecule has 0 radical (unpaired) electrons. The Morgan fingerprint density at radius 1 is 1.21 bits per heavy atom. The topological polar surface area (TPSA) is 15.3 Å². The molecule has 0 unspecified atom stereocenters. The Morgan fingerprint density at radius 3 is 2.07 bits per heavy atom. The normalized spacial score (nSPS) is 9.00. The summed E-state index contributed by atoms with van der Waals surface area (Å²) in [4.78, 5) is 2.17. The summed E-state index contributed by atoms with van der Waals surface area (Å²) < 4.78 is 0. The summed E-state index contributed by atoms with van der Waals surface area (Å²) in [7, 11) is 4.15. The average molecular weight is 198 g/mol. The number of nitrogens with zero attached hydrogens (tertiary/aromatic N) is 1. The molecule has 0 aromatic heterocycles. The van der Waals surface area contributed by atoms with Crippen molar-refractivity contribution in [1.29, 1.82) is 0 Å². The Morgan fingerprint density at radius 2 is 1.71 bits per heavy atom. The van der Waals surface area contributed by atoms with Gasteiger partial charge in [-0.1, -0.05) is 27.0 Å². The van der Waals surface area contributed by atoms with Gasteiger partial charge in [-0.2, -0.15) is 0 Å². The highest BCUT2D eigenvalue weighted by Gasteiger charge is 1.93. The van der Waals surface area contributed by atoms with E-state index in [1.54, 1.807) is 0 Å². The minimum atomic E-state index is 0.953. The van der Waals surface area contributed by atoms with E-state index in [1.165, 1.54) is 0 Å². The minimum absolute atomic E-state index is 0.953. The summed E-state index contributed by atoms with van der Waals surface area (Å²) in [6.07, 6.45) is 1.14. The lowest BCUT2D eigenvalue weighted by Crippen LogP contribution is -2.20. The molecule has 0 atom stereocenters. The van der Waals surface area contributed by atoms with Crippen LogP contribution in [0.2, 0.25) is 0 Å². The largest absolute Gasteiger partial charge is 0.385 e. The summed E-state index contributed by atoms with van der Waals surface area (Å²) in [5.41, 5.74) is 1.97. The summed E-state index contributed by atoms with van der Waals surface area (Å²) in [5.74, 6) is 0. The van der Waals surface area contributed by atoms with Crippen molar-refractivity contribution in [2.45, 2.75) is 27.2 Å². The highest BCUT2D eigenvalue weighted by molar-refractivity contribution is 5.20. The first-order valence-corrected chi connectivity index (χ1v) is 5.27. The standard InChI is InChI=1S/C10H20N2.C2H6/c1-9(2)10(3)11-7-6-8-12(4)5;1-2/h11H,1,3,6-8H2,2,4-5H3;1-2H3. The maximum absolute atomic E-state index is 3.85. The molecule has 2 nitrogen and oxygen atoms in total. The van der Waals surface area contributed by atoms with E-state index in [-0.39, 0.29) is 0 Å². The van der Waals surface area contributed by atoms with Gasteiger partial charge in [-0.05, 0) is 39.6 Å². The number of rotatable bonds is 6. The zero-order chi connectivity index (χ0) is 11.6. The van der Waals surface area contributed by atoms with Crippen LogP contribution in [0.15, 0.2) is 24.4 Å². The third-order valence-electron chi connectivity index (χ3n) is 1.64. The summed E-state index contributed by atoms with van der Waals surface area (Å²) in [6.45, 7) is 15.7. The van der Waals surface area contributed by atoms with E-state index in [9.17, 15) is 0 Å². The third kappa shape index (κ3) is 11.2. The summed E-state index contributed by atoms with van der Waals surface area (Å²) >= 11 is 0. The van der Waals surface area contributed by atoms with Gasteiger partial charge < -0.3 is 10.2 Å². The van der Waals surface area contributed by atoms with Crippen LogP contribution in [0.3, 0.4) is 0 Å². The zero-order valence-corrected chi connectivity index (χ0v) is 10.5. The number of nitrogens with one attached hydrogen (secondary N) is 1. The van der Waals surface area contributed by atoms with Crippen molar-refractivity contribution in [1.82, 2.24) is 10.2 Å². The van der Waals surface area contributed by atoms with E-state index < -0.39 is 0 Å². The van der Waals surface area contributed by atoms with Crippen molar-refractivity contribution in [2.75, 3.05) is 27.2 Å². The van der Waals surface area contributed by atoms with Crippen molar-refractivity contribution in [2.24, 2.45) is 0 Å². The van der Waals surface area contributed by atoms with E-state index in [1.807, 2.05) is 20.8 Å². The van der Waals surface area contributed by atoms with Crippen LogP contribution >= 0.6 is 0 Å². The van der Waals surface area contributed by atoms with Crippen molar-refractivity contribution in [3.63, 3.8) is 0 Å². The average Bonchev–Trinajstić information content (AvgIpc) is 2.15.